The number of halogens is 1. The molecule has 0 aliphatic rings. The van der Waals surface area contributed by atoms with Gasteiger partial charge in [-0.2, -0.15) is 0 Å². The van der Waals surface area contributed by atoms with Crippen LogP contribution in [0.25, 0.3) is 6.08 Å². The van der Waals surface area contributed by atoms with Crippen molar-refractivity contribution >= 4 is 22.0 Å². The Morgan fingerprint density at radius 1 is 1.60 bits per heavy atom. The molecule has 1 heterocycles. The molecule has 0 fully saturated rings. The van der Waals surface area contributed by atoms with Gasteiger partial charge in [-0.1, -0.05) is 12.2 Å². The van der Waals surface area contributed by atoms with E-state index in [-0.39, 0.29) is 0 Å². The SMILES string of the molecule is C/C=C/c1ccnc(Br)c1. The molecule has 0 bridgehead atoms. The van der Waals surface area contributed by atoms with Crippen molar-refractivity contribution in [1.29, 1.82) is 0 Å². The third-order valence-electron chi connectivity index (χ3n) is 1.11. The van der Waals surface area contributed by atoms with Gasteiger partial charge in [-0.25, -0.2) is 4.98 Å². The molecule has 1 rings (SSSR count). The van der Waals surface area contributed by atoms with Crippen LogP contribution >= 0.6 is 15.9 Å². The van der Waals surface area contributed by atoms with Gasteiger partial charge in [0.1, 0.15) is 4.60 Å². The fourth-order valence-electron chi connectivity index (χ4n) is 0.714. The number of nitrogens with zero attached hydrogens (tertiary/aromatic N) is 1. The molecule has 1 nitrogen and oxygen atoms in total. The predicted octanol–water partition coefficient (Wildman–Crippen LogP) is 2.88. The summed E-state index contributed by atoms with van der Waals surface area (Å²) in [7, 11) is 0. The zero-order valence-electron chi connectivity index (χ0n) is 5.71. The number of aromatic nitrogens is 1. The van der Waals surface area contributed by atoms with Gasteiger partial charge >= 0.3 is 0 Å². The molecular weight excluding hydrogens is 190 g/mol. The molecule has 10 heavy (non-hydrogen) atoms. The van der Waals surface area contributed by atoms with Crippen LogP contribution in [0, 0.1) is 0 Å². The summed E-state index contributed by atoms with van der Waals surface area (Å²) in [4.78, 5) is 4.00. The summed E-state index contributed by atoms with van der Waals surface area (Å²) in [6.07, 6.45) is 5.81. The van der Waals surface area contributed by atoms with Crippen LogP contribution in [0.4, 0.5) is 0 Å². The van der Waals surface area contributed by atoms with Gasteiger partial charge in [-0.15, -0.1) is 0 Å². The maximum atomic E-state index is 4.00. The van der Waals surface area contributed by atoms with Gasteiger partial charge < -0.3 is 0 Å². The van der Waals surface area contributed by atoms with Crippen molar-refractivity contribution in [3.63, 3.8) is 0 Å². The van der Waals surface area contributed by atoms with Crippen LogP contribution in [0.1, 0.15) is 12.5 Å². The summed E-state index contributed by atoms with van der Waals surface area (Å²) in [6, 6.07) is 3.94. The van der Waals surface area contributed by atoms with Crippen LogP contribution in [0.3, 0.4) is 0 Å². The molecule has 52 valence electrons. The van der Waals surface area contributed by atoms with Crippen LogP contribution in [-0.2, 0) is 0 Å². The molecule has 0 saturated carbocycles. The molecule has 0 spiro atoms. The summed E-state index contributed by atoms with van der Waals surface area (Å²) in [6.45, 7) is 1.99. The molecule has 0 N–H and O–H groups in total. The van der Waals surface area contributed by atoms with Crippen LogP contribution in [0.2, 0.25) is 0 Å². The van der Waals surface area contributed by atoms with Crippen molar-refractivity contribution in [2.45, 2.75) is 6.92 Å². The van der Waals surface area contributed by atoms with E-state index < -0.39 is 0 Å². The normalized spacial score (nSPS) is 10.6. The van der Waals surface area contributed by atoms with Gasteiger partial charge in [0.2, 0.25) is 0 Å². The van der Waals surface area contributed by atoms with E-state index in [0.717, 1.165) is 4.60 Å². The first kappa shape index (κ1) is 7.48. The van der Waals surface area contributed by atoms with Gasteiger partial charge in [-0.3, -0.25) is 0 Å². The molecule has 0 amide bonds. The van der Waals surface area contributed by atoms with Crippen LogP contribution < -0.4 is 0 Å². The molecule has 2 heteroatoms. The minimum Gasteiger partial charge on any atom is -0.249 e. The lowest BCUT2D eigenvalue weighted by Gasteiger charge is -1.91. The zero-order valence-corrected chi connectivity index (χ0v) is 7.30. The van der Waals surface area contributed by atoms with Crippen molar-refractivity contribution in [3.8, 4) is 0 Å². The number of hydrogen-bond acceptors (Lipinski definition) is 1. The highest BCUT2D eigenvalue weighted by molar-refractivity contribution is 9.10. The quantitative estimate of drug-likeness (QED) is 0.632. The summed E-state index contributed by atoms with van der Waals surface area (Å²) < 4.78 is 0.878. The first-order valence-corrected chi connectivity index (χ1v) is 3.86. The second-order valence-electron chi connectivity index (χ2n) is 1.91. The van der Waals surface area contributed by atoms with Crippen molar-refractivity contribution in [3.05, 3.63) is 34.6 Å². The van der Waals surface area contributed by atoms with Crippen molar-refractivity contribution in [1.82, 2.24) is 4.98 Å². The van der Waals surface area contributed by atoms with Gasteiger partial charge in [0, 0.05) is 6.20 Å². The van der Waals surface area contributed by atoms with E-state index in [0.29, 0.717) is 0 Å². The third-order valence-corrected chi connectivity index (χ3v) is 1.54. The van der Waals surface area contributed by atoms with E-state index >= 15 is 0 Å². The third kappa shape index (κ3) is 1.95. The fourth-order valence-corrected chi connectivity index (χ4v) is 1.10. The molecule has 1 aromatic rings. The Morgan fingerprint density at radius 3 is 3.00 bits per heavy atom. The summed E-state index contributed by atoms with van der Waals surface area (Å²) in [5.41, 5.74) is 1.17. The topological polar surface area (TPSA) is 12.9 Å². The van der Waals surface area contributed by atoms with E-state index in [1.54, 1.807) is 6.20 Å². The van der Waals surface area contributed by atoms with Gasteiger partial charge in [-0.05, 0) is 40.5 Å². The highest BCUT2D eigenvalue weighted by Gasteiger charge is 1.87. The summed E-state index contributed by atoms with van der Waals surface area (Å²) in [5.74, 6) is 0. The molecule has 0 aromatic carbocycles. The Labute approximate surface area is 68.9 Å². The second kappa shape index (κ2) is 3.52. The monoisotopic (exact) mass is 197 g/mol. The lowest BCUT2D eigenvalue weighted by atomic mass is 10.2. The summed E-state index contributed by atoms with van der Waals surface area (Å²) in [5, 5.41) is 0. The molecule has 0 aliphatic heterocycles. The Kier molecular flexibility index (Phi) is 2.63. The van der Waals surface area contributed by atoms with E-state index in [4.69, 9.17) is 0 Å². The van der Waals surface area contributed by atoms with Crippen molar-refractivity contribution in [2.24, 2.45) is 0 Å². The van der Waals surface area contributed by atoms with E-state index in [1.807, 2.05) is 31.2 Å². The maximum absolute atomic E-state index is 4.00. The first-order valence-electron chi connectivity index (χ1n) is 3.07. The number of pyridine rings is 1. The highest BCUT2D eigenvalue weighted by atomic mass is 79.9. The van der Waals surface area contributed by atoms with E-state index in [1.165, 1.54) is 5.56 Å². The van der Waals surface area contributed by atoms with Gasteiger partial charge in [0.05, 0.1) is 0 Å². The van der Waals surface area contributed by atoms with Crippen LogP contribution in [0.5, 0.6) is 0 Å². The molecule has 0 atom stereocenters. The second-order valence-corrected chi connectivity index (χ2v) is 2.72. The Morgan fingerprint density at radius 2 is 2.40 bits per heavy atom. The number of rotatable bonds is 1. The van der Waals surface area contributed by atoms with E-state index in [2.05, 4.69) is 20.9 Å². The molecule has 0 aliphatic carbocycles. The average molecular weight is 198 g/mol. The lowest BCUT2D eigenvalue weighted by molar-refractivity contribution is 1.27. The highest BCUT2D eigenvalue weighted by Crippen LogP contribution is 2.08. The average Bonchev–Trinajstić information content (AvgIpc) is 1.88. The molecular formula is C8H8BrN. The molecule has 0 saturated heterocycles. The van der Waals surface area contributed by atoms with Crippen molar-refractivity contribution < 1.29 is 0 Å². The minimum atomic E-state index is 0.878. The first-order chi connectivity index (χ1) is 4.83. The van der Waals surface area contributed by atoms with Crippen molar-refractivity contribution in [2.75, 3.05) is 0 Å². The van der Waals surface area contributed by atoms with Crippen LogP contribution in [-0.4, -0.2) is 4.98 Å². The standard InChI is InChI=1S/C8H8BrN/c1-2-3-7-4-5-10-8(9)6-7/h2-6H,1H3/b3-2+. The van der Waals surface area contributed by atoms with Gasteiger partial charge in [0.25, 0.3) is 0 Å². The Balaban J connectivity index is 2.95. The van der Waals surface area contributed by atoms with E-state index in [9.17, 15) is 0 Å². The minimum absolute atomic E-state index is 0.878. The fraction of sp³-hybridized carbons (Fsp3) is 0.125. The molecule has 0 radical (unpaired) electrons. The summed E-state index contributed by atoms with van der Waals surface area (Å²) >= 11 is 3.29. The molecule has 1 aromatic heterocycles. The lowest BCUT2D eigenvalue weighted by Crippen LogP contribution is -1.75. The molecule has 0 unspecified atom stereocenters. The Hall–Kier alpha value is -0.630. The number of hydrogen-bond donors (Lipinski definition) is 0. The largest absolute Gasteiger partial charge is 0.249 e. The van der Waals surface area contributed by atoms with Crippen LogP contribution in [0.15, 0.2) is 29.0 Å². The Bertz CT molecular complexity index is 243. The smallest absolute Gasteiger partial charge is 0.106 e. The number of allylic oxidation sites excluding steroid dienone is 1. The maximum Gasteiger partial charge on any atom is 0.106 e. The predicted molar refractivity (Wildman–Crippen MR) is 46.6 cm³/mol. The van der Waals surface area contributed by atoms with Gasteiger partial charge in [0.15, 0.2) is 0 Å². The zero-order chi connectivity index (χ0) is 7.40.